The average Bonchev–Trinajstić information content (AvgIpc) is 2.70. The van der Waals surface area contributed by atoms with E-state index in [9.17, 15) is 0 Å². The zero-order chi connectivity index (χ0) is 12.1. The van der Waals surface area contributed by atoms with Gasteiger partial charge in [-0.05, 0) is 38.6 Å². The Bertz CT molecular complexity index is 328. The van der Waals surface area contributed by atoms with Crippen molar-refractivity contribution in [2.45, 2.75) is 58.5 Å². The molecule has 1 atom stereocenters. The summed E-state index contributed by atoms with van der Waals surface area (Å²) in [6.45, 7) is 6.58. The molecule has 0 amide bonds. The molecule has 1 aromatic heterocycles. The van der Waals surface area contributed by atoms with E-state index in [-0.39, 0.29) is 0 Å². The molecule has 1 aliphatic rings. The van der Waals surface area contributed by atoms with Gasteiger partial charge in [0, 0.05) is 31.4 Å². The standard InChI is InChI=1S/C14H25N3/c1-3-8-15-13(12-6-5-7-12)11-14-16-9-10-17(14)4-2/h9-10,12-13,15H,3-8,11H2,1-2H3. The molecule has 3 heteroatoms. The lowest BCUT2D eigenvalue weighted by Crippen LogP contribution is -2.42. The van der Waals surface area contributed by atoms with Crippen LogP contribution in [-0.4, -0.2) is 22.1 Å². The van der Waals surface area contributed by atoms with E-state index in [4.69, 9.17) is 0 Å². The Morgan fingerprint density at radius 3 is 2.88 bits per heavy atom. The van der Waals surface area contributed by atoms with Gasteiger partial charge in [-0.3, -0.25) is 0 Å². The predicted molar refractivity (Wildman–Crippen MR) is 71.0 cm³/mol. The lowest BCUT2D eigenvalue weighted by molar-refractivity contribution is 0.224. The number of imidazole rings is 1. The molecule has 3 nitrogen and oxygen atoms in total. The summed E-state index contributed by atoms with van der Waals surface area (Å²) >= 11 is 0. The number of aryl methyl sites for hydroxylation is 1. The number of rotatable bonds is 7. The van der Waals surface area contributed by atoms with Crippen molar-refractivity contribution in [2.24, 2.45) is 5.92 Å². The van der Waals surface area contributed by atoms with E-state index < -0.39 is 0 Å². The van der Waals surface area contributed by atoms with Gasteiger partial charge in [-0.25, -0.2) is 4.98 Å². The van der Waals surface area contributed by atoms with Crippen LogP contribution in [0.5, 0.6) is 0 Å². The smallest absolute Gasteiger partial charge is 0.110 e. The van der Waals surface area contributed by atoms with Gasteiger partial charge in [0.25, 0.3) is 0 Å². The maximum absolute atomic E-state index is 4.50. The second-order valence-electron chi connectivity index (χ2n) is 5.09. The molecule has 1 aromatic rings. The molecular weight excluding hydrogens is 210 g/mol. The molecule has 96 valence electrons. The minimum absolute atomic E-state index is 0.636. The topological polar surface area (TPSA) is 29.9 Å². The molecule has 0 aromatic carbocycles. The molecule has 0 spiro atoms. The van der Waals surface area contributed by atoms with Crippen LogP contribution in [0.3, 0.4) is 0 Å². The van der Waals surface area contributed by atoms with Crippen molar-refractivity contribution < 1.29 is 0 Å². The second kappa shape index (κ2) is 6.20. The summed E-state index contributed by atoms with van der Waals surface area (Å²) in [6, 6.07) is 0.636. The summed E-state index contributed by atoms with van der Waals surface area (Å²) in [4.78, 5) is 4.50. The number of aromatic nitrogens is 2. The fraction of sp³-hybridized carbons (Fsp3) is 0.786. The van der Waals surface area contributed by atoms with Crippen LogP contribution in [0.25, 0.3) is 0 Å². The third-order valence-electron chi connectivity index (χ3n) is 3.92. The van der Waals surface area contributed by atoms with E-state index in [0.717, 1.165) is 25.4 Å². The van der Waals surface area contributed by atoms with E-state index >= 15 is 0 Å². The maximum atomic E-state index is 4.50. The van der Waals surface area contributed by atoms with Gasteiger partial charge in [-0.2, -0.15) is 0 Å². The molecule has 1 aliphatic carbocycles. The first kappa shape index (κ1) is 12.6. The monoisotopic (exact) mass is 235 g/mol. The summed E-state index contributed by atoms with van der Waals surface area (Å²) in [7, 11) is 0. The van der Waals surface area contributed by atoms with E-state index in [0.29, 0.717) is 6.04 Å². The fourth-order valence-corrected chi connectivity index (χ4v) is 2.59. The van der Waals surface area contributed by atoms with Gasteiger partial charge in [0.1, 0.15) is 5.82 Å². The Kier molecular flexibility index (Phi) is 4.60. The van der Waals surface area contributed by atoms with Crippen LogP contribution in [0.2, 0.25) is 0 Å². The fourth-order valence-electron chi connectivity index (χ4n) is 2.59. The number of nitrogens with zero attached hydrogens (tertiary/aromatic N) is 2. The highest BCUT2D eigenvalue weighted by molar-refractivity contribution is 4.98. The molecule has 0 saturated heterocycles. The maximum Gasteiger partial charge on any atom is 0.110 e. The molecule has 0 radical (unpaired) electrons. The van der Waals surface area contributed by atoms with Crippen molar-refractivity contribution in [3.05, 3.63) is 18.2 Å². The van der Waals surface area contributed by atoms with Gasteiger partial charge in [-0.15, -0.1) is 0 Å². The molecule has 17 heavy (non-hydrogen) atoms. The summed E-state index contributed by atoms with van der Waals surface area (Å²) < 4.78 is 2.26. The molecular formula is C14H25N3. The van der Waals surface area contributed by atoms with E-state index in [1.54, 1.807) is 0 Å². The predicted octanol–water partition coefficient (Wildman–Crippen LogP) is 2.61. The van der Waals surface area contributed by atoms with E-state index in [2.05, 4.69) is 34.9 Å². The van der Waals surface area contributed by atoms with Crippen LogP contribution >= 0.6 is 0 Å². The molecule has 1 saturated carbocycles. The third-order valence-corrected chi connectivity index (χ3v) is 3.92. The highest BCUT2D eigenvalue weighted by atomic mass is 15.1. The van der Waals surface area contributed by atoms with Crippen molar-refractivity contribution in [3.8, 4) is 0 Å². The van der Waals surface area contributed by atoms with Gasteiger partial charge in [0.15, 0.2) is 0 Å². The Morgan fingerprint density at radius 1 is 1.47 bits per heavy atom. The van der Waals surface area contributed by atoms with Gasteiger partial charge < -0.3 is 9.88 Å². The first-order valence-corrected chi connectivity index (χ1v) is 7.08. The minimum Gasteiger partial charge on any atom is -0.335 e. The zero-order valence-electron chi connectivity index (χ0n) is 11.2. The van der Waals surface area contributed by atoms with Crippen molar-refractivity contribution in [3.63, 3.8) is 0 Å². The van der Waals surface area contributed by atoms with Gasteiger partial charge in [0.05, 0.1) is 0 Å². The zero-order valence-corrected chi connectivity index (χ0v) is 11.2. The van der Waals surface area contributed by atoms with Crippen LogP contribution in [0.4, 0.5) is 0 Å². The normalized spacial score (nSPS) is 18.0. The summed E-state index contributed by atoms with van der Waals surface area (Å²) in [5.41, 5.74) is 0. The van der Waals surface area contributed by atoms with E-state index in [1.165, 1.54) is 31.5 Å². The SMILES string of the molecule is CCCNC(Cc1nccn1CC)C1CCC1. The highest BCUT2D eigenvalue weighted by Crippen LogP contribution is 2.30. The molecule has 0 bridgehead atoms. The largest absolute Gasteiger partial charge is 0.335 e. The summed E-state index contributed by atoms with van der Waals surface area (Å²) in [6.07, 6.45) is 10.5. The average molecular weight is 235 g/mol. The molecule has 2 rings (SSSR count). The second-order valence-corrected chi connectivity index (χ2v) is 5.09. The Balaban J connectivity index is 1.95. The van der Waals surface area contributed by atoms with E-state index in [1.807, 2.05) is 6.20 Å². The Labute approximate surface area is 105 Å². The number of hydrogen-bond acceptors (Lipinski definition) is 2. The van der Waals surface area contributed by atoms with Gasteiger partial charge >= 0.3 is 0 Å². The molecule has 1 N–H and O–H groups in total. The van der Waals surface area contributed by atoms with Crippen LogP contribution in [0.15, 0.2) is 12.4 Å². The first-order chi connectivity index (χ1) is 8.35. The lowest BCUT2D eigenvalue weighted by atomic mass is 9.78. The number of hydrogen-bond donors (Lipinski definition) is 1. The molecule has 1 fully saturated rings. The van der Waals surface area contributed by atoms with Crippen molar-refractivity contribution in [1.82, 2.24) is 14.9 Å². The van der Waals surface area contributed by atoms with Crippen molar-refractivity contribution >= 4 is 0 Å². The first-order valence-electron chi connectivity index (χ1n) is 7.08. The van der Waals surface area contributed by atoms with Gasteiger partial charge in [0.2, 0.25) is 0 Å². The Hall–Kier alpha value is -0.830. The third kappa shape index (κ3) is 3.09. The summed E-state index contributed by atoms with van der Waals surface area (Å²) in [5.74, 6) is 2.12. The minimum atomic E-state index is 0.636. The van der Waals surface area contributed by atoms with Crippen molar-refractivity contribution in [1.29, 1.82) is 0 Å². The molecule has 1 heterocycles. The van der Waals surface area contributed by atoms with Gasteiger partial charge in [-0.1, -0.05) is 13.3 Å². The van der Waals surface area contributed by atoms with Crippen LogP contribution < -0.4 is 5.32 Å². The van der Waals surface area contributed by atoms with Crippen LogP contribution in [0, 0.1) is 5.92 Å². The molecule has 1 unspecified atom stereocenters. The Morgan fingerprint density at radius 2 is 2.29 bits per heavy atom. The van der Waals surface area contributed by atoms with Crippen LogP contribution in [-0.2, 0) is 13.0 Å². The summed E-state index contributed by atoms with van der Waals surface area (Å²) in [5, 5.41) is 3.71. The molecule has 0 aliphatic heterocycles. The van der Waals surface area contributed by atoms with Crippen LogP contribution in [0.1, 0.15) is 45.4 Å². The lowest BCUT2D eigenvalue weighted by Gasteiger charge is -2.34. The number of nitrogens with one attached hydrogen (secondary N) is 1. The highest BCUT2D eigenvalue weighted by Gasteiger charge is 2.27. The quantitative estimate of drug-likeness (QED) is 0.787. The van der Waals surface area contributed by atoms with Crippen molar-refractivity contribution in [2.75, 3.05) is 6.54 Å².